The highest BCUT2D eigenvalue weighted by molar-refractivity contribution is 4.79. The zero-order valence-corrected chi connectivity index (χ0v) is 27.4. The van der Waals surface area contributed by atoms with Crippen LogP contribution in [0.4, 0.5) is 0 Å². The van der Waals surface area contributed by atoms with Gasteiger partial charge >= 0.3 is 0 Å². The summed E-state index contributed by atoms with van der Waals surface area (Å²) in [6, 6.07) is 0. The van der Waals surface area contributed by atoms with Gasteiger partial charge in [-0.1, -0.05) is 175 Å². The molecule has 0 radical (unpaired) electrons. The summed E-state index contributed by atoms with van der Waals surface area (Å²) in [5.41, 5.74) is 0. The molecule has 0 fully saturated rings. The third-order valence-corrected chi connectivity index (χ3v) is 8.70. The van der Waals surface area contributed by atoms with Gasteiger partial charge in [-0.05, 0) is 33.1 Å². The molecule has 0 aromatic rings. The molecule has 230 valence electrons. The van der Waals surface area contributed by atoms with Crippen LogP contribution in [-0.2, 0) is 9.47 Å². The molecule has 1 unspecified atom stereocenters. The summed E-state index contributed by atoms with van der Waals surface area (Å²) in [5.74, 6) is 0.182. The Morgan fingerprint density at radius 2 is 0.632 bits per heavy atom. The molecule has 0 rings (SSSR count). The first-order chi connectivity index (χ1) is 18.7. The first-order valence-electron chi connectivity index (χ1n) is 18.0. The molecule has 0 aromatic heterocycles. The van der Waals surface area contributed by atoms with E-state index in [0.29, 0.717) is 5.92 Å². The van der Waals surface area contributed by atoms with E-state index < -0.39 is 0 Å². The maximum absolute atomic E-state index is 6.34. The van der Waals surface area contributed by atoms with E-state index in [1.165, 1.54) is 167 Å². The number of rotatable bonds is 32. The van der Waals surface area contributed by atoms with Crippen molar-refractivity contribution in [2.75, 3.05) is 13.2 Å². The van der Waals surface area contributed by atoms with Crippen LogP contribution in [0, 0.1) is 5.92 Å². The Balaban J connectivity index is 3.95. The van der Waals surface area contributed by atoms with Crippen molar-refractivity contribution in [2.24, 2.45) is 5.92 Å². The molecule has 0 amide bonds. The van der Waals surface area contributed by atoms with Crippen molar-refractivity contribution in [3.63, 3.8) is 0 Å². The minimum Gasteiger partial charge on any atom is -0.350 e. The molecule has 0 saturated carbocycles. The lowest BCUT2D eigenvalue weighted by Gasteiger charge is -2.40. The van der Waals surface area contributed by atoms with E-state index in [0.717, 1.165) is 19.6 Å². The van der Waals surface area contributed by atoms with Crippen molar-refractivity contribution in [3.05, 3.63) is 0 Å². The standard InChI is InChI=1S/C36H74O2/c1-6-11-13-15-17-18-19-20-21-22-23-24-25-26-27-28-30-32-34-35(33-31-29-16-14-12-7-2)36(8-3,37-9-4)38-10-5/h35H,6-34H2,1-5H3. The van der Waals surface area contributed by atoms with Crippen molar-refractivity contribution in [1.82, 2.24) is 0 Å². The summed E-state index contributed by atoms with van der Waals surface area (Å²) in [6.07, 6.45) is 37.6. The van der Waals surface area contributed by atoms with Gasteiger partial charge in [0, 0.05) is 19.1 Å². The summed E-state index contributed by atoms with van der Waals surface area (Å²) in [4.78, 5) is 0. The number of ether oxygens (including phenoxy) is 2. The van der Waals surface area contributed by atoms with E-state index in [1.807, 2.05) is 0 Å². The van der Waals surface area contributed by atoms with Gasteiger partial charge in [-0.3, -0.25) is 0 Å². The fourth-order valence-electron chi connectivity index (χ4n) is 6.31. The van der Waals surface area contributed by atoms with Crippen molar-refractivity contribution in [2.45, 2.75) is 214 Å². The quantitative estimate of drug-likeness (QED) is 0.0626. The Morgan fingerprint density at radius 3 is 0.868 bits per heavy atom. The average Bonchev–Trinajstić information content (AvgIpc) is 2.92. The molecule has 0 heterocycles. The van der Waals surface area contributed by atoms with Crippen LogP contribution in [0.1, 0.15) is 208 Å². The Morgan fingerprint density at radius 1 is 0.368 bits per heavy atom. The van der Waals surface area contributed by atoms with Gasteiger partial charge in [-0.2, -0.15) is 0 Å². The van der Waals surface area contributed by atoms with E-state index in [2.05, 4.69) is 34.6 Å². The van der Waals surface area contributed by atoms with Gasteiger partial charge in [0.25, 0.3) is 0 Å². The minimum atomic E-state index is -0.360. The molecule has 0 bridgehead atoms. The molecule has 1 atom stereocenters. The molecule has 0 aliphatic carbocycles. The summed E-state index contributed by atoms with van der Waals surface area (Å²) in [6.45, 7) is 12.6. The number of hydrogen-bond donors (Lipinski definition) is 0. The molecule has 0 aromatic carbocycles. The minimum absolute atomic E-state index is 0.360. The highest BCUT2D eigenvalue weighted by Crippen LogP contribution is 2.36. The average molecular weight is 539 g/mol. The maximum Gasteiger partial charge on any atom is 0.170 e. The van der Waals surface area contributed by atoms with Crippen molar-refractivity contribution >= 4 is 0 Å². The molecule has 0 N–H and O–H groups in total. The second kappa shape index (κ2) is 29.9. The van der Waals surface area contributed by atoms with Crippen LogP contribution in [0.3, 0.4) is 0 Å². The molecule has 2 nitrogen and oxygen atoms in total. The first kappa shape index (κ1) is 37.9. The maximum atomic E-state index is 6.34. The summed E-state index contributed by atoms with van der Waals surface area (Å²) < 4.78 is 12.7. The number of hydrogen-bond acceptors (Lipinski definition) is 2. The van der Waals surface area contributed by atoms with Crippen LogP contribution < -0.4 is 0 Å². The summed E-state index contributed by atoms with van der Waals surface area (Å²) >= 11 is 0. The van der Waals surface area contributed by atoms with Gasteiger partial charge in [0.05, 0.1) is 0 Å². The third kappa shape index (κ3) is 21.7. The summed E-state index contributed by atoms with van der Waals surface area (Å²) in [5, 5.41) is 0. The van der Waals surface area contributed by atoms with Gasteiger partial charge < -0.3 is 9.47 Å². The highest BCUT2D eigenvalue weighted by atomic mass is 16.7. The SMILES string of the molecule is CCCCCCCCCCCCCCCCCCCCC(CCCCCCCC)C(CC)(OCC)OCC. The van der Waals surface area contributed by atoms with Crippen LogP contribution >= 0.6 is 0 Å². The van der Waals surface area contributed by atoms with Crippen molar-refractivity contribution in [3.8, 4) is 0 Å². The van der Waals surface area contributed by atoms with Gasteiger partial charge in [-0.15, -0.1) is 0 Å². The van der Waals surface area contributed by atoms with Crippen LogP contribution in [0.2, 0.25) is 0 Å². The monoisotopic (exact) mass is 539 g/mol. The predicted molar refractivity (Wildman–Crippen MR) is 171 cm³/mol. The van der Waals surface area contributed by atoms with Crippen LogP contribution in [-0.4, -0.2) is 19.0 Å². The van der Waals surface area contributed by atoms with E-state index in [4.69, 9.17) is 9.47 Å². The zero-order chi connectivity index (χ0) is 28.0. The van der Waals surface area contributed by atoms with Crippen LogP contribution in [0.5, 0.6) is 0 Å². The fourth-order valence-corrected chi connectivity index (χ4v) is 6.31. The Kier molecular flexibility index (Phi) is 29.8. The molecule has 38 heavy (non-hydrogen) atoms. The molecular weight excluding hydrogens is 464 g/mol. The molecular formula is C36H74O2. The van der Waals surface area contributed by atoms with E-state index >= 15 is 0 Å². The van der Waals surface area contributed by atoms with Gasteiger partial charge in [0.1, 0.15) is 0 Å². The van der Waals surface area contributed by atoms with E-state index in [-0.39, 0.29) is 5.79 Å². The lowest BCUT2D eigenvalue weighted by molar-refractivity contribution is -0.268. The lowest BCUT2D eigenvalue weighted by Crippen LogP contribution is -2.43. The highest BCUT2D eigenvalue weighted by Gasteiger charge is 2.38. The first-order valence-corrected chi connectivity index (χ1v) is 18.0. The van der Waals surface area contributed by atoms with Gasteiger partial charge in [0.2, 0.25) is 0 Å². The molecule has 0 aliphatic rings. The molecule has 2 heteroatoms. The zero-order valence-electron chi connectivity index (χ0n) is 27.4. The van der Waals surface area contributed by atoms with Gasteiger partial charge in [0.15, 0.2) is 5.79 Å². The third-order valence-electron chi connectivity index (χ3n) is 8.70. The molecule has 0 saturated heterocycles. The second-order valence-corrected chi connectivity index (χ2v) is 12.1. The van der Waals surface area contributed by atoms with E-state index in [9.17, 15) is 0 Å². The summed E-state index contributed by atoms with van der Waals surface area (Å²) in [7, 11) is 0. The van der Waals surface area contributed by atoms with E-state index in [1.54, 1.807) is 0 Å². The van der Waals surface area contributed by atoms with Crippen LogP contribution in [0.15, 0.2) is 0 Å². The normalized spacial score (nSPS) is 12.9. The van der Waals surface area contributed by atoms with Crippen LogP contribution in [0.25, 0.3) is 0 Å². The predicted octanol–water partition coefficient (Wildman–Crippen LogP) is 13.0. The fraction of sp³-hybridized carbons (Fsp3) is 1.00. The smallest absolute Gasteiger partial charge is 0.170 e. The number of unbranched alkanes of at least 4 members (excludes halogenated alkanes) is 22. The Labute approximate surface area is 242 Å². The Bertz CT molecular complexity index is 429. The Hall–Kier alpha value is -0.0800. The second-order valence-electron chi connectivity index (χ2n) is 12.1. The lowest BCUT2D eigenvalue weighted by atomic mass is 9.85. The largest absolute Gasteiger partial charge is 0.350 e. The van der Waals surface area contributed by atoms with Crippen molar-refractivity contribution < 1.29 is 9.47 Å². The van der Waals surface area contributed by atoms with Gasteiger partial charge in [-0.25, -0.2) is 0 Å². The molecule has 0 aliphatic heterocycles. The topological polar surface area (TPSA) is 18.5 Å². The van der Waals surface area contributed by atoms with Crippen molar-refractivity contribution in [1.29, 1.82) is 0 Å². The molecule has 0 spiro atoms.